The second kappa shape index (κ2) is 9.73. The van der Waals surface area contributed by atoms with Gasteiger partial charge in [-0.3, -0.25) is 14.5 Å². The maximum Gasteiger partial charge on any atom is 0.303 e. The summed E-state index contributed by atoms with van der Waals surface area (Å²) in [5.41, 5.74) is 0. The lowest BCUT2D eigenvalue weighted by Crippen LogP contribution is -2.52. The van der Waals surface area contributed by atoms with E-state index in [1.807, 2.05) is 6.92 Å². The summed E-state index contributed by atoms with van der Waals surface area (Å²) >= 11 is 0. The Balaban J connectivity index is 2.45. The summed E-state index contributed by atoms with van der Waals surface area (Å²) in [6.45, 7) is 4.03. The molecule has 21 heavy (non-hydrogen) atoms. The molecule has 1 fully saturated rings. The van der Waals surface area contributed by atoms with Crippen molar-refractivity contribution in [3.05, 3.63) is 0 Å². The van der Waals surface area contributed by atoms with E-state index in [9.17, 15) is 9.59 Å². The fourth-order valence-electron chi connectivity index (χ4n) is 2.86. The molecule has 0 aromatic heterocycles. The Morgan fingerprint density at radius 1 is 1.43 bits per heavy atom. The molecule has 0 aromatic rings. The Morgan fingerprint density at radius 2 is 2.19 bits per heavy atom. The minimum Gasteiger partial charge on any atom is -0.481 e. The number of ether oxygens (including phenoxy) is 1. The van der Waals surface area contributed by atoms with Crippen molar-refractivity contribution in [2.75, 3.05) is 26.8 Å². The Hall–Kier alpha value is -1.14. The number of amides is 1. The molecule has 0 aromatic carbocycles. The SMILES string of the molecule is COCCCNC(=O)C(C)N1CCCCC1CCC(=O)O. The third-order valence-electron chi connectivity index (χ3n) is 4.07. The Bertz CT molecular complexity index is 336. The topological polar surface area (TPSA) is 78.9 Å². The van der Waals surface area contributed by atoms with Crippen LogP contribution in [0.15, 0.2) is 0 Å². The highest BCUT2D eigenvalue weighted by molar-refractivity contribution is 5.81. The molecule has 0 radical (unpaired) electrons. The number of nitrogens with zero attached hydrogens (tertiary/aromatic N) is 1. The zero-order valence-corrected chi connectivity index (χ0v) is 13.1. The molecule has 1 amide bonds. The van der Waals surface area contributed by atoms with Gasteiger partial charge in [-0.25, -0.2) is 0 Å². The van der Waals surface area contributed by atoms with Gasteiger partial charge in [-0.15, -0.1) is 0 Å². The largest absolute Gasteiger partial charge is 0.481 e. The van der Waals surface area contributed by atoms with Gasteiger partial charge in [0.15, 0.2) is 0 Å². The Kier molecular flexibility index (Phi) is 8.30. The summed E-state index contributed by atoms with van der Waals surface area (Å²) in [5.74, 6) is -0.745. The van der Waals surface area contributed by atoms with E-state index < -0.39 is 5.97 Å². The fraction of sp³-hybridized carbons (Fsp3) is 0.867. The van der Waals surface area contributed by atoms with Crippen molar-refractivity contribution in [1.82, 2.24) is 10.2 Å². The predicted octanol–water partition coefficient (Wildman–Crippen LogP) is 1.25. The summed E-state index contributed by atoms with van der Waals surface area (Å²) in [6.07, 6.45) is 4.76. The number of nitrogens with one attached hydrogen (secondary N) is 1. The number of carboxylic acids is 1. The second-order valence-corrected chi connectivity index (χ2v) is 5.63. The number of piperidine rings is 1. The van der Waals surface area contributed by atoms with E-state index >= 15 is 0 Å². The minimum atomic E-state index is -0.766. The normalized spacial score (nSPS) is 21.0. The lowest BCUT2D eigenvalue weighted by molar-refractivity contribution is -0.137. The van der Waals surface area contributed by atoms with E-state index in [1.165, 1.54) is 0 Å². The lowest BCUT2D eigenvalue weighted by Gasteiger charge is -2.39. The van der Waals surface area contributed by atoms with Gasteiger partial charge in [0.2, 0.25) is 5.91 Å². The van der Waals surface area contributed by atoms with Crippen molar-refractivity contribution in [2.24, 2.45) is 0 Å². The number of hydrogen-bond acceptors (Lipinski definition) is 4. The number of methoxy groups -OCH3 is 1. The molecule has 6 heteroatoms. The van der Waals surface area contributed by atoms with Crippen LogP contribution in [0.3, 0.4) is 0 Å². The second-order valence-electron chi connectivity index (χ2n) is 5.63. The molecular weight excluding hydrogens is 272 g/mol. The Morgan fingerprint density at radius 3 is 2.86 bits per heavy atom. The van der Waals surface area contributed by atoms with Crippen molar-refractivity contribution in [1.29, 1.82) is 0 Å². The molecule has 6 nitrogen and oxygen atoms in total. The summed E-state index contributed by atoms with van der Waals surface area (Å²) in [6, 6.07) is 0.00112. The zero-order valence-electron chi connectivity index (χ0n) is 13.1. The molecular formula is C15H28N2O4. The van der Waals surface area contributed by atoms with Crippen molar-refractivity contribution in [3.8, 4) is 0 Å². The molecule has 2 atom stereocenters. The van der Waals surface area contributed by atoms with E-state index in [0.717, 1.165) is 32.2 Å². The first-order chi connectivity index (χ1) is 10.1. The molecule has 1 saturated heterocycles. The monoisotopic (exact) mass is 300 g/mol. The van der Waals surface area contributed by atoms with Crippen LogP contribution in [0.4, 0.5) is 0 Å². The van der Waals surface area contributed by atoms with Crippen LogP contribution in [-0.2, 0) is 14.3 Å². The highest BCUT2D eigenvalue weighted by Crippen LogP contribution is 2.23. The van der Waals surface area contributed by atoms with Crippen LogP contribution in [0.5, 0.6) is 0 Å². The summed E-state index contributed by atoms with van der Waals surface area (Å²) in [7, 11) is 1.64. The number of likely N-dealkylation sites (tertiary alicyclic amines) is 1. The van der Waals surface area contributed by atoms with Crippen LogP contribution >= 0.6 is 0 Å². The Labute approximate surface area is 126 Å². The molecule has 122 valence electrons. The van der Waals surface area contributed by atoms with E-state index in [2.05, 4.69) is 10.2 Å². The number of carboxylic acid groups (broad SMARTS) is 1. The van der Waals surface area contributed by atoms with Gasteiger partial charge in [0.25, 0.3) is 0 Å². The highest BCUT2D eigenvalue weighted by Gasteiger charge is 2.30. The third-order valence-corrected chi connectivity index (χ3v) is 4.07. The average Bonchev–Trinajstić information content (AvgIpc) is 2.48. The van der Waals surface area contributed by atoms with Gasteiger partial charge in [0.1, 0.15) is 0 Å². The summed E-state index contributed by atoms with van der Waals surface area (Å²) in [5, 5.41) is 11.8. The van der Waals surface area contributed by atoms with Crippen LogP contribution < -0.4 is 5.32 Å². The van der Waals surface area contributed by atoms with Crippen molar-refractivity contribution in [2.45, 2.75) is 57.5 Å². The maximum absolute atomic E-state index is 12.2. The average molecular weight is 300 g/mol. The van der Waals surface area contributed by atoms with E-state index in [-0.39, 0.29) is 24.4 Å². The van der Waals surface area contributed by atoms with Crippen LogP contribution in [0.1, 0.15) is 45.4 Å². The number of hydrogen-bond donors (Lipinski definition) is 2. The van der Waals surface area contributed by atoms with E-state index in [0.29, 0.717) is 19.6 Å². The number of rotatable bonds is 9. The fourth-order valence-corrected chi connectivity index (χ4v) is 2.86. The quantitative estimate of drug-likeness (QED) is 0.627. The van der Waals surface area contributed by atoms with Gasteiger partial charge in [-0.05, 0) is 39.2 Å². The smallest absolute Gasteiger partial charge is 0.303 e. The van der Waals surface area contributed by atoms with Gasteiger partial charge in [0.05, 0.1) is 6.04 Å². The minimum absolute atomic E-state index is 0.0216. The summed E-state index contributed by atoms with van der Waals surface area (Å²) in [4.78, 5) is 25.1. The van der Waals surface area contributed by atoms with Gasteiger partial charge >= 0.3 is 5.97 Å². The van der Waals surface area contributed by atoms with E-state index in [1.54, 1.807) is 7.11 Å². The lowest BCUT2D eigenvalue weighted by atomic mass is 9.96. The molecule has 1 rings (SSSR count). The standard InChI is InChI=1S/C15H28N2O4/c1-12(15(20)16-9-5-11-21-2)17-10-4-3-6-13(17)7-8-14(18)19/h12-13H,3-11H2,1-2H3,(H,16,20)(H,18,19). The molecule has 0 saturated carbocycles. The van der Waals surface area contributed by atoms with Crippen molar-refractivity contribution >= 4 is 11.9 Å². The molecule has 2 N–H and O–H groups in total. The number of carbonyl (C=O) groups excluding carboxylic acids is 1. The molecule has 1 aliphatic rings. The van der Waals surface area contributed by atoms with Gasteiger partial charge in [-0.1, -0.05) is 6.42 Å². The molecule has 2 unspecified atom stereocenters. The first-order valence-corrected chi connectivity index (χ1v) is 7.80. The molecule has 0 bridgehead atoms. The first-order valence-electron chi connectivity index (χ1n) is 7.80. The summed E-state index contributed by atoms with van der Waals surface area (Å²) < 4.78 is 4.95. The first kappa shape index (κ1) is 17.9. The zero-order chi connectivity index (χ0) is 15.7. The highest BCUT2D eigenvalue weighted by atomic mass is 16.5. The third kappa shape index (κ3) is 6.44. The van der Waals surface area contributed by atoms with E-state index in [4.69, 9.17) is 9.84 Å². The molecule has 1 heterocycles. The van der Waals surface area contributed by atoms with Gasteiger partial charge in [-0.2, -0.15) is 0 Å². The van der Waals surface area contributed by atoms with Crippen LogP contribution in [0, 0.1) is 0 Å². The van der Waals surface area contributed by atoms with Crippen molar-refractivity contribution < 1.29 is 19.4 Å². The predicted molar refractivity (Wildman–Crippen MR) is 80.2 cm³/mol. The van der Waals surface area contributed by atoms with Crippen LogP contribution in [-0.4, -0.2) is 60.8 Å². The maximum atomic E-state index is 12.2. The van der Waals surface area contributed by atoms with Crippen molar-refractivity contribution in [3.63, 3.8) is 0 Å². The van der Waals surface area contributed by atoms with Crippen LogP contribution in [0.25, 0.3) is 0 Å². The molecule has 0 spiro atoms. The number of aliphatic carboxylic acids is 1. The molecule has 1 aliphatic heterocycles. The number of carbonyl (C=O) groups is 2. The van der Waals surface area contributed by atoms with Crippen LogP contribution in [0.2, 0.25) is 0 Å². The van der Waals surface area contributed by atoms with Gasteiger partial charge in [0, 0.05) is 32.7 Å². The van der Waals surface area contributed by atoms with Gasteiger partial charge < -0.3 is 15.2 Å². The molecule has 0 aliphatic carbocycles.